The number of nitrogens with zero attached hydrogens (tertiary/aromatic N) is 1. The Morgan fingerprint density at radius 3 is 2.83 bits per heavy atom. The molecular formula is C10H15NO. The van der Waals surface area contributed by atoms with Crippen LogP contribution in [-0.4, -0.2) is 30.3 Å². The number of rotatable bonds is 2. The van der Waals surface area contributed by atoms with Crippen molar-refractivity contribution in [2.24, 2.45) is 11.8 Å². The molecule has 4 unspecified atom stereocenters. The van der Waals surface area contributed by atoms with E-state index >= 15 is 0 Å². The van der Waals surface area contributed by atoms with Crippen LogP contribution in [0.15, 0.2) is 12.7 Å². The van der Waals surface area contributed by atoms with E-state index in [-0.39, 0.29) is 6.04 Å². The first-order valence-corrected chi connectivity index (χ1v) is 4.67. The van der Waals surface area contributed by atoms with E-state index in [1.54, 1.807) is 0 Å². The standard InChI is InChI=1S/C10H15NO/c1-2-8-6-11-4-3-9(8)5-10(11)7-12/h2,7-10H,1,3-6H2. The van der Waals surface area contributed by atoms with E-state index in [1.165, 1.54) is 6.42 Å². The smallest absolute Gasteiger partial charge is 0.137 e. The van der Waals surface area contributed by atoms with Gasteiger partial charge in [-0.1, -0.05) is 6.08 Å². The molecule has 4 atom stereocenters. The van der Waals surface area contributed by atoms with Gasteiger partial charge < -0.3 is 4.79 Å². The minimum Gasteiger partial charge on any atom is -0.302 e. The highest BCUT2D eigenvalue weighted by molar-refractivity contribution is 5.58. The van der Waals surface area contributed by atoms with Crippen LogP contribution in [0.5, 0.6) is 0 Å². The van der Waals surface area contributed by atoms with Crippen LogP contribution >= 0.6 is 0 Å². The lowest BCUT2D eigenvalue weighted by Gasteiger charge is -2.47. The Hall–Kier alpha value is -0.630. The van der Waals surface area contributed by atoms with Crippen molar-refractivity contribution in [3.05, 3.63) is 12.7 Å². The number of carbonyl (C=O) groups is 1. The van der Waals surface area contributed by atoms with E-state index in [9.17, 15) is 4.79 Å². The summed E-state index contributed by atoms with van der Waals surface area (Å²) in [6.07, 6.45) is 5.46. The Bertz CT molecular complexity index is 180. The maximum Gasteiger partial charge on any atom is 0.137 e. The summed E-state index contributed by atoms with van der Waals surface area (Å²) in [4.78, 5) is 13.0. The van der Waals surface area contributed by atoms with Crippen LogP contribution in [0.25, 0.3) is 0 Å². The summed E-state index contributed by atoms with van der Waals surface area (Å²) in [7, 11) is 0. The van der Waals surface area contributed by atoms with Gasteiger partial charge in [0.2, 0.25) is 0 Å². The Morgan fingerprint density at radius 2 is 2.33 bits per heavy atom. The van der Waals surface area contributed by atoms with E-state index in [2.05, 4.69) is 17.6 Å². The molecule has 3 aliphatic rings. The Labute approximate surface area is 73.2 Å². The molecule has 0 radical (unpaired) electrons. The zero-order chi connectivity index (χ0) is 8.55. The van der Waals surface area contributed by atoms with Crippen molar-refractivity contribution < 1.29 is 4.79 Å². The van der Waals surface area contributed by atoms with E-state index in [4.69, 9.17) is 0 Å². The third-order valence-corrected chi connectivity index (χ3v) is 3.31. The van der Waals surface area contributed by atoms with Crippen molar-refractivity contribution in [2.45, 2.75) is 18.9 Å². The zero-order valence-electron chi connectivity index (χ0n) is 7.28. The summed E-state index contributed by atoms with van der Waals surface area (Å²) in [6.45, 7) is 6.00. The van der Waals surface area contributed by atoms with E-state index < -0.39 is 0 Å². The molecule has 66 valence electrons. The fourth-order valence-electron chi connectivity index (χ4n) is 2.52. The van der Waals surface area contributed by atoms with E-state index in [0.29, 0.717) is 5.92 Å². The first-order valence-electron chi connectivity index (χ1n) is 4.67. The molecule has 2 bridgehead atoms. The minimum atomic E-state index is 0.208. The average molecular weight is 165 g/mol. The molecule has 2 nitrogen and oxygen atoms in total. The van der Waals surface area contributed by atoms with Crippen molar-refractivity contribution in [3.63, 3.8) is 0 Å². The van der Waals surface area contributed by atoms with Gasteiger partial charge in [-0.3, -0.25) is 4.90 Å². The topological polar surface area (TPSA) is 20.3 Å². The van der Waals surface area contributed by atoms with Gasteiger partial charge in [-0.15, -0.1) is 6.58 Å². The first-order chi connectivity index (χ1) is 5.85. The number of hydrogen-bond donors (Lipinski definition) is 0. The molecule has 3 heterocycles. The highest BCUT2D eigenvalue weighted by Gasteiger charge is 2.38. The van der Waals surface area contributed by atoms with Gasteiger partial charge in [0.15, 0.2) is 0 Å². The van der Waals surface area contributed by atoms with Gasteiger partial charge in [-0.25, -0.2) is 0 Å². The van der Waals surface area contributed by atoms with E-state index in [0.717, 1.165) is 31.7 Å². The SMILES string of the molecule is C=CC1CN2CCC1CC2C=O. The van der Waals surface area contributed by atoms with Gasteiger partial charge in [0.1, 0.15) is 6.29 Å². The lowest BCUT2D eigenvalue weighted by molar-refractivity contribution is -0.117. The van der Waals surface area contributed by atoms with Gasteiger partial charge in [0.25, 0.3) is 0 Å². The van der Waals surface area contributed by atoms with Crippen LogP contribution in [0, 0.1) is 11.8 Å². The Morgan fingerprint density at radius 1 is 1.50 bits per heavy atom. The van der Waals surface area contributed by atoms with Crippen molar-refractivity contribution in [1.82, 2.24) is 4.90 Å². The lowest BCUT2D eigenvalue weighted by Crippen LogP contribution is -2.53. The maximum absolute atomic E-state index is 10.7. The van der Waals surface area contributed by atoms with Gasteiger partial charge in [-0.05, 0) is 31.2 Å². The molecule has 0 amide bonds. The third kappa shape index (κ3) is 1.11. The average Bonchev–Trinajstić information content (AvgIpc) is 2.18. The lowest BCUT2D eigenvalue weighted by atomic mass is 9.76. The zero-order valence-corrected chi connectivity index (χ0v) is 7.28. The van der Waals surface area contributed by atoms with Crippen LogP contribution in [0.4, 0.5) is 0 Å². The molecule has 0 aromatic carbocycles. The molecule has 12 heavy (non-hydrogen) atoms. The molecule has 0 aromatic rings. The predicted molar refractivity (Wildman–Crippen MR) is 47.8 cm³/mol. The van der Waals surface area contributed by atoms with Crippen molar-refractivity contribution >= 4 is 6.29 Å². The quantitative estimate of drug-likeness (QED) is 0.451. The summed E-state index contributed by atoms with van der Waals surface area (Å²) < 4.78 is 0. The monoisotopic (exact) mass is 165 g/mol. The number of piperidine rings is 3. The van der Waals surface area contributed by atoms with Crippen LogP contribution in [0.1, 0.15) is 12.8 Å². The van der Waals surface area contributed by atoms with E-state index in [1.807, 2.05) is 0 Å². The van der Waals surface area contributed by atoms with Crippen molar-refractivity contribution in [1.29, 1.82) is 0 Å². The predicted octanol–water partition coefficient (Wildman–Crippen LogP) is 1.08. The fourth-order valence-corrected chi connectivity index (χ4v) is 2.52. The summed E-state index contributed by atoms with van der Waals surface area (Å²) >= 11 is 0. The summed E-state index contributed by atoms with van der Waals surface area (Å²) in [6, 6.07) is 0.208. The molecule has 3 saturated heterocycles. The van der Waals surface area contributed by atoms with Crippen LogP contribution in [0.2, 0.25) is 0 Å². The normalized spacial score (nSPS) is 45.7. The largest absolute Gasteiger partial charge is 0.302 e. The van der Waals surface area contributed by atoms with Crippen LogP contribution in [-0.2, 0) is 4.79 Å². The summed E-state index contributed by atoms with van der Waals surface area (Å²) in [5, 5.41) is 0. The molecule has 3 fully saturated rings. The van der Waals surface area contributed by atoms with Gasteiger partial charge in [-0.2, -0.15) is 0 Å². The second kappa shape index (κ2) is 3.02. The highest BCUT2D eigenvalue weighted by Crippen LogP contribution is 2.35. The molecule has 0 spiro atoms. The number of hydrogen-bond acceptors (Lipinski definition) is 2. The summed E-state index contributed by atoms with van der Waals surface area (Å²) in [5.74, 6) is 1.36. The highest BCUT2D eigenvalue weighted by atomic mass is 16.1. The van der Waals surface area contributed by atoms with Gasteiger partial charge >= 0.3 is 0 Å². The number of aldehydes is 1. The first kappa shape index (κ1) is 7.99. The van der Waals surface area contributed by atoms with Crippen molar-refractivity contribution in [2.75, 3.05) is 13.1 Å². The van der Waals surface area contributed by atoms with Crippen molar-refractivity contribution in [3.8, 4) is 0 Å². The number of fused-ring (bicyclic) bond motifs is 3. The molecule has 3 aliphatic heterocycles. The fraction of sp³-hybridized carbons (Fsp3) is 0.700. The molecule has 2 heteroatoms. The molecule has 3 rings (SSSR count). The maximum atomic E-state index is 10.7. The van der Waals surface area contributed by atoms with Gasteiger partial charge in [0, 0.05) is 6.54 Å². The molecule has 0 aliphatic carbocycles. The second-order valence-corrected chi connectivity index (χ2v) is 3.88. The van der Waals surface area contributed by atoms with Crippen LogP contribution in [0.3, 0.4) is 0 Å². The third-order valence-electron chi connectivity index (χ3n) is 3.31. The Kier molecular flexibility index (Phi) is 2.01. The summed E-state index contributed by atoms with van der Waals surface area (Å²) in [5.41, 5.74) is 0. The Balaban J connectivity index is 2.10. The molecule has 0 N–H and O–H groups in total. The molecule has 0 saturated carbocycles. The number of carbonyl (C=O) groups excluding carboxylic acids is 1. The van der Waals surface area contributed by atoms with Crippen LogP contribution < -0.4 is 0 Å². The van der Waals surface area contributed by atoms with Gasteiger partial charge in [0.05, 0.1) is 6.04 Å². The molecular weight excluding hydrogens is 150 g/mol. The molecule has 0 aromatic heterocycles. The minimum absolute atomic E-state index is 0.208. The second-order valence-electron chi connectivity index (χ2n) is 3.88.